The minimum absolute atomic E-state index is 0.0654. The van der Waals surface area contributed by atoms with E-state index in [9.17, 15) is 13.2 Å². The van der Waals surface area contributed by atoms with Crippen LogP contribution in [0.3, 0.4) is 0 Å². The number of carbonyl (C=O) groups excluding carboxylic acids is 1. The van der Waals surface area contributed by atoms with Gasteiger partial charge in [-0.1, -0.05) is 30.3 Å². The zero-order valence-corrected chi connectivity index (χ0v) is 16.6. The number of benzene rings is 1. The van der Waals surface area contributed by atoms with Crippen LogP contribution in [0.5, 0.6) is 0 Å². The van der Waals surface area contributed by atoms with Gasteiger partial charge >= 0.3 is 0 Å². The molecule has 0 saturated carbocycles. The number of sulfonamides is 1. The van der Waals surface area contributed by atoms with Gasteiger partial charge in [0.05, 0.1) is 0 Å². The van der Waals surface area contributed by atoms with Crippen LogP contribution in [0.25, 0.3) is 0 Å². The molecule has 0 spiro atoms. The lowest BCUT2D eigenvalue weighted by atomic mass is 10.0. The van der Waals surface area contributed by atoms with Gasteiger partial charge in [-0.3, -0.25) is 14.7 Å². The largest absolute Gasteiger partial charge is 0.353 e. The lowest BCUT2D eigenvalue weighted by Crippen LogP contribution is -2.45. The first-order valence-electron chi connectivity index (χ1n) is 9.48. The van der Waals surface area contributed by atoms with Crippen LogP contribution >= 0.6 is 0 Å². The standard InChI is InChI=1S/C20H26N4O3S/c25-20(8-12-22-28(26,27)19-7-4-11-21-15-19)23-18-9-13-24(14-10-18)16-17-5-2-1-3-6-17/h1-7,11,15,18,22H,8-10,12-14,16H2,(H,23,25). The summed E-state index contributed by atoms with van der Waals surface area (Å²) in [4.78, 5) is 18.4. The Hall–Kier alpha value is -2.29. The van der Waals surface area contributed by atoms with Crippen LogP contribution in [-0.2, 0) is 21.4 Å². The summed E-state index contributed by atoms with van der Waals surface area (Å²) in [6.07, 6.45) is 4.72. The van der Waals surface area contributed by atoms with Gasteiger partial charge < -0.3 is 5.32 Å². The molecule has 2 heterocycles. The molecule has 2 N–H and O–H groups in total. The molecule has 0 atom stereocenters. The van der Waals surface area contributed by atoms with Crippen molar-refractivity contribution in [2.75, 3.05) is 19.6 Å². The Morgan fingerprint density at radius 2 is 1.86 bits per heavy atom. The normalized spacial score (nSPS) is 16.0. The van der Waals surface area contributed by atoms with Gasteiger partial charge in [0, 0.05) is 51.0 Å². The van der Waals surface area contributed by atoms with Crippen LogP contribution in [0.1, 0.15) is 24.8 Å². The highest BCUT2D eigenvalue weighted by Crippen LogP contribution is 2.14. The van der Waals surface area contributed by atoms with Gasteiger partial charge in [0.15, 0.2) is 0 Å². The first kappa shape index (κ1) is 20.4. The van der Waals surface area contributed by atoms with E-state index in [0.717, 1.165) is 32.5 Å². The predicted molar refractivity (Wildman–Crippen MR) is 107 cm³/mol. The van der Waals surface area contributed by atoms with Gasteiger partial charge in [0.25, 0.3) is 0 Å². The fraction of sp³-hybridized carbons (Fsp3) is 0.400. The van der Waals surface area contributed by atoms with Crippen molar-refractivity contribution in [1.29, 1.82) is 0 Å². The van der Waals surface area contributed by atoms with Gasteiger partial charge in [-0.15, -0.1) is 0 Å². The van der Waals surface area contributed by atoms with E-state index in [4.69, 9.17) is 0 Å². The number of amides is 1. The van der Waals surface area contributed by atoms with E-state index < -0.39 is 10.0 Å². The topological polar surface area (TPSA) is 91.4 Å². The summed E-state index contributed by atoms with van der Waals surface area (Å²) < 4.78 is 26.6. The van der Waals surface area contributed by atoms with Crippen LogP contribution in [-0.4, -0.2) is 49.9 Å². The van der Waals surface area contributed by atoms with Crippen molar-refractivity contribution in [3.05, 3.63) is 60.4 Å². The first-order chi connectivity index (χ1) is 13.5. The van der Waals surface area contributed by atoms with E-state index in [1.165, 1.54) is 24.0 Å². The number of aromatic nitrogens is 1. The Morgan fingerprint density at radius 1 is 1.11 bits per heavy atom. The quantitative estimate of drug-likeness (QED) is 0.699. The fourth-order valence-corrected chi connectivity index (χ4v) is 4.26. The molecule has 1 aromatic carbocycles. The van der Waals surface area contributed by atoms with E-state index in [-0.39, 0.29) is 29.8 Å². The number of piperidine rings is 1. The van der Waals surface area contributed by atoms with E-state index in [0.29, 0.717) is 0 Å². The summed E-state index contributed by atoms with van der Waals surface area (Å²) in [7, 11) is -3.63. The third-order valence-electron chi connectivity index (χ3n) is 4.79. The minimum atomic E-state index is -3.63. The highest BCUT2D eigenvalue weighted by molar-refractivity contribution is 7.89. The number of nitrogens with one attached hydrogen (secondary N) is 2. The number of nitrogens with zero attached hydrogens (tertiary/aromatic N) is 2. The number of rotatable bonds is 8. The summed E-state index contributed by atoms with van der Waals surface area (Å²) in [6.45, 7) is 2.87. The maximum Gasteiger partial charge on any atom is 0.242 e. The van der Waals surface area contributed by atoms with Crippen LogP contribution in [0.4, 0.5) is 0 Å². The lowest BCUT2D eigenvalue weighted by molar-refractivity contribution is -0.121. The molecule has 0 aliphatic carbocycles. The van der Waals surface area contributed by atoms with Crippen LogP contribution < -0.4 is 10.0 Å². The van der Waals surface area contributed by atoms with E-state index in [1.54, 1.807) is 6.07 Å². The van der Waals surface area contributed by atoms with Crippen molar-refractivity contribution in [3.8, 4) is 0 Å². The van der Waals surface area contributed by atoms with Crippen LogP contribution in [0.2, 0.25) is 0 Å². The van der Waals surface area contributed by atoms with Crippen LogP contribution in [0.15, 0.2) is 59.8 Å². The molecule has 28 heavy (non-hydrogen) atoms. The molecule has 1 fully saturated rings. The lowest BCUT2D eigenvalue weighted by Gasteiger charge is -2.32. The second kappa shape index (κ2) is 9.77. The van der Waals surface area contributed by atoms with Gasteiger partial charge in [-0.05, 0) is 30.5 Å². The molecule has 0 bridgehead atoms. The zero-order chi connectivity index (χ0) is 19.8. The average Bonchev–Trinajstić information content (AvgIpc) is 2.71. The smallest absolute Gasteiger partial charge is 0.242 e. The second-order valence-electron chi connectivity index (χ2n) is 6.94. The van der Waals surface area contributed by atoms with Crippen molar-refractivity contribution < 1.29 is 13.2 Å². The average molecular weight is 403 g/mol. The van der Waals surface area contributed by atoms with E-state index >= 15 is 0 Å². The zero-order valence-electron chi connectivity index (χ0n) is 15.8. The number of hydrogen-bond donors (Lipinski definition) is 2. The molecule has 0 unspecified atom stereocenters. The number of hydrogen-bond acceptors (Lipinski definition) is 5. The summed E-state index contributed by atoms with van der Waals surface area (Å²) in [5.74, 6) is -0.129. The maximum atomic E-state index is 12.1. The Labute approximate surface area is 166 Å². The highest BCUT2D eigenvalue weighted by atomic mass is 32.2. The van der Waals surface area contributed by atoms with Gasteiger partial charge in [-0.25, -0.2) is 13.1 Å². The highest BCUT2D eigenvalue weighted by Gasteiger charge is 2.21. The van der Waals surface area contributed by atoms with Crippen molar-refractivity contribution >= 4 is 15.9 Å². The predicted octanol–water partition coefficient (Wildman–Crippen LogP) is 1.53. The molecular weight excluding hydrogens is 376 g/mol. The molecule has 2 aromatic rings. The van der Waals surface area contributed by atoms with Gasteiger partial charge in [-0.2, -0.15) is 0 Å². The van der Waals surface area contributed by atoms with Crippen molar-refractivity contribution in [2.45, 2.75) is 36.7 Å². The maximum absolute atomic E-state index is 12.1. The molecule has 1 aliphatic rings. The Morgan fingerprint density at radius 3 is 2.54 bits per heavy atom. The molecule has 7 nitrogen and oxygen atoms in total. The second-order valence-corrected chi connectivity index (χ2v) is 8.71. The first-order valence-corrected chi connectivity index (χ1v) is 11.0. The molecule has 1 aromatic heterocycles. The molecule has 0 radical (unpaired) electrons. The summed E-state index contributed by atoms with van der Waals surface area (Å²) in [5, 5.41) is 3.02. The van der Waals surface area contributed by atoms with E-state index in [1.807, 2.05) is 18.2 Å². The molecule has 8 heteroatoms. The van der Waals surface area contributed by atoms with Crippen molar-refractivity contribution in [2.24, 2.45) is 0 Å². The SMILES string of the molecule is O=C(CCNS(=O)(=O)c1cccnc1)NC1CCN(Cc2ccccc2)CC1. The third kappa shape index (κ3) is 6.12. The fourth-order valence-electron chi connectivity index (χ4n) is 3.27. The Bertz CT molecular complexity index is 852. The molecule has 1 amide bonds. The monoisotopic (exact) mass is 402 g/mol. The summed E-state index contributed by atoms with van der Waals surface area (Å²) in [5.41, 5.74) is 1.30. The molecule has 1 saturated heterocycles. The van der Waals surface area contributed by atoms with Gasteiger partial charge in [0.1, 0.15) is 4.90 Å². The summed E-state index contributed by atoms with van der Waals surface area (Å²) in [6, 6.07) is 13.5. The number of carbonyl (C=O) groups is 1. The molecular formula is C20H26N4O3S. The van der Waals surface area contributed by atoms with E-state index in [2.05, 4.69) is 32.1 Å². The number of likely N-dealkylation sites (tertiary alicyclic amines) is 1. The third-order valence-corrected chi connectivity index (χ3v) is 6.24. The summed E-state index contributed by atoms with van der Waals surface area (Å²) >= 11 is 0. The Kier molecular flexibility index (Phi) is 7.13. The number of pyridine rings is 1. The Balaban J connectivity index is 1.36. The van der Waals surface area contributed by atoms with Crippen molar-refractivity contribution in [1.82, 2.24) is 19.9 Å². The molecule has 3 rings (SSSR count). The minimum Gasteiger partial charge on any atom is -0.353 e. The van der Waals surface area contributed by atoms with Crippen molar-refractivity contribution in [3.63, 3.8) is 0 Å². The van der Waals surface area contributed by atoms with Crippen LogP contribution in [0, 0.1) is 0 Å². The molecule has 1 aliphatic heterocycles. The van der Waals surface area contributed by atoms with Gasteiger partial charge in [0.2, 0.25) is 15.9 Å². The molecule has 150 valence electrons.